The molecule has 0 radical (unpaired) electrons. The van der Waals surface area contributed by atoms with Gasteiger partial charge in [0.25, 0.3) is 0 Å². The first-order valence-electron chi connectivity index (χ1n) is 4.51. The van der Waals surface area contributed by atoms with Crippen LogP contribution in [0.5, 0.6) is 0 Å². The van der Waals surface area contributed by atoms with Crippen molar-refractivity contribution in [2.75, 3.05) is 13.1 Å². The summed E-state index contributed by atoms with van der Waals surface area (Å²) in [6.07, 6.45) is 0. The third-order valence-electron chi connectivity index (χ3n) is 1.55. The number of hydrogen-bond donors (Lipinski definition) is 4. The molecule has 0 heterocycles. The summed E-state index contributed by atoms with van der Waals surface area (Å²) in [7, 11) is 0. The first-order valence-corrected chi connectivity index (χ1v) is 4.51. The molecule has 0 aliphatic heterocycles. The van der Waals surface area contributed by atoms with Crippen molar-refractivity contribution in [2.45, 2.75) is 25.9 Å². The first-order chi connectivity index (χ1) is 6.45. The van der Waals surface area contributed by atoms with Gasteiger partial charge in [-0.15, -0.1) is 0 Å². The van der Waals surface area contributed by atoms with Crippen LogP contribution >= 0.6 is 0 Å². The Morgan fingerprint density at radius 2 is 1.29 bits per heavy atom. The predicted molar refractivity (Wildman–Crippen MR) is 53.3 cm³/mol. The number of rotatable bonds is 5. The van der Waals surface area contributed by atoms with E-state index in [0.29, 0.717) is 13.1 Å². The molecule has 6 N–H and O–H groups in total. The monoisotopic (exact) mass is 202 g/mol. The van der Waals surface area contributed by atoms with Crippen molar-refractivity contribution in [3.05, 3.63) is 0 Å². The summed E-state index contributed by atoms with van der Waals surface area (Å²) < 4.78 is 0. The maximum atomic E-state index is 10.9. The van der Waals surface area contributed by atoms with E-state index >= 15 is 0 Å². The maximum Gasteiger partial charge on any atom is 0.236 e. The number of amides is 2. The largest absolute Gasteiger partial charge is 0.353 e. The van der Waals surface area contributed by atoms with Crippen LogP contribution in [0, 0.1) is 0 Å². The molecule has 0 aliphatic carbocycles. The fourth-order valence-corrected chi connectivity index (χ4v) is 0.693. The summed E-state index contributed by atoms with van der Waals surface area (Å²) in [5.74, 6) is -0.472. The highest BCUT2D eigenvalue weighted by Gasteiger charge is 2.07. The molecule has 0 saturated carbocycles. The summed E-state index contributed by atoms with van der Waals surface area (Å²) in [6.45, 7) is 3.91. The van der Waals surface area contributed by atoms with Gasteiger partial charge in [-0.1, -0.05) is 0 Å². The molecule has 0 fully saturated rings. The van der Waals surface area contributed by atoms with E-state index < -0.39 is 12.1 Å². The van der Waals surface area contributed by atoms with E-state index in [1.165, 1.54) is 0 Å². The van der Waals surface area contributed by atoms with Crippen molar-refractivity contribution in [3.8, 4) is 0 Å². The molecular weight excluding hydrogens is 184 g/mol. The van der Waals surface area contributed by atoms with E-state index in [-0.39, 0.29) is 11.8 Å². The third-order valence-corrected chi connectivity index (χ3v) is 1.55. The second kappa shape index (κ2) is 6.33. The lowest BCUT2D eigenvalue weighted by Crippen LogP contribution is -2.44. The smallest absolute Gasteiger partial charge is 0.236 e. The molecule has 6 nitrogen and oxygen atoms in total. The second-order valence-electron chi connectivity index (χ2n) is 3.16. The maximum absolute atomic E-state index is 10.9. The van der Waals surface area contributed by atoms with E-state index in [1.54, 1.807) is 13.8 Å². The summed E-state index contributed by atoms with van der Waals surface area (Å²) in [4.78, 5) is 21.9. The molecule has 0 unspecified atom stereocenters. The van der Waals surface area contributed by atoms with Crippen molar-refractivity contribution in [2.24, 2.45) is 11.5 Å². The van der Waals surface area contributed by atoms with Crippen LogP contribution in [-0.4, -0.2) is 37.0 Å². The normalized spacial score (nSPS) is 14.3. The van der Waals surface area contributed by atoms with Gasteiger partial charge in [0, 0.05) is 13.1 Å². The minimum absolute atomic E-state index is 0.236. The average molecular weight is 202 g/mol. The van der Waals surface area contributed by atoms with Gasteiger partial charge < -0.3 is 22.1 Å². The molecule has 6 heteroatoms. The van der Waals surface area contributed by atoms with Crippen LogP contribution in [-0.2, 0) is 9.59 Å². The molecule has 0 rings (SSSR count). The van der Waals surface area contributed by atoms with Gasteiger partial charge in [0.05, 0.1) is 12.1 Å². The molecule has 0 aromatic heterocycles. The molecule has 0 bridgehead atoms. The number of carbonyl (C=O) groups excluding carboxylic acids is 2. The predicted octanol–water partition coefficient (Wildman–Crippen LogP) is -2.09. The second-order valence-corrected chi connectivity index (χ2v) is 3.16. The minimum atomic E-state index is -0.529. The van der Waals surface area contributed by atoms with Crippen LogP contribution < -0.4 is 22.1 Å². The summed E-state index contributed by atoms with van der Waals surface area (Å²) >= 11 is 0. The molecule has 0 aromatic carbocycles. The van der Waals surface area contributed by atoms with Gasteiger partial charge in [0.15, 0.2) is 0 Å². The van der Waals surface area contributed by atoms with Crippen molar-refractivity contribution >= 4 is 11.8 Å². The Morgan fingerprint density at radius 1 is 1.00 bits per heavy atom. The highest BCUT2D eigenvalue weighted by atomic mass is 16.2. The average Bonchev–Trinajstić information content (AvgIpc) is 2.11. The lowest BCUT2D eigenvalue weighted by molar-refractivity contribution is -0.123. The van der Waals surface area contributed by atoms with E-state index in [0.717, 1.165) is 0 Å². The van der Waals surface area contributed by atoms with Gasteiger partial charge in [-0.2, -0.15) is 0 Å². The highest BCUT2D eigenvalue weighted by molar-refractivity contribution is 5.82. The Bertz CT molecular complexity index is 182. The Morgan fingerprint density at radius 3 is 1.50 bits per heavy atom. The summed E-state index contributed by atoms with van der Waals surface area (Å²) in [6, 6.07) is -1.06. The van der Waals surface area contributed by atoms with E-state index in [9.17, 15) is 9.59 Å². The summed E-state index contributed by atoms with van der Waals surface area (Å²) in [5, 5.41) is 5.11. The molecule has 0 aromatic rings. The molecule has 2 amide bonds. The fraction of sp³-hybridized carbons (Fsp3) is 0.750. The topological polar surface area (TPSA) is 110 Å². The zero-order valence-corrected chi connectivity index (χ0v) is 8.54. The number of nitrogens with two attached hydrogens (primary N) is 2. The van der Waals surface area contributed by atoms with Crippen LogP contribution in [0.15, 0.2) is 0 Å². The lowest BCUT2D eigenvalue weighted by Gasteiger charge is -2.09. The molecule has 0 aliphatic rings. The lowest BCUT2D eigenvalue weighted by atomic mass is 10.3. The van der Waals surface area contributed by atoms with Crippen LogP contribution in [0.1, 0.15) is 13.8 Å². The molecule has 0 spiro atoms. The van der Waals surface area contributed by atoms with E-state index in [2.05, 4.69) is 10.6 Å². The quantitative estimate of drug-likeness (QED) is 0.383. The van der Waals surface area contributed by atoms with Gasteiger partial charge in [-0.05, 0) is 13.8 Å². The zero-order valence-electron chi connectivity index (χ0n) is 8.54. The minimum Gasteiger partial charge on any atom is -0.353 e. The molecule has 2 atom stereocenters. The standard InChI is InChI=1S/C8H18N4O2/c1-5(9)7(13)11-3-4-12-8(14)6(2)10/h5-6H,3-4,9-10H2,1-2H3,(H,11,13)(H,12,14)/t5-,6-/m1/s1. The van der Waals surface area contributed by atoms with Gasteiger partial charge in [0.2, 0.25) is 11.8 Å². The van der Waals surface area contributed by atoms with Crippen molar-refractivity contribution in [1.29, 1.82) is 0 Å². The van der Waals surface area contributed by atoms with Gasteiger partial charge in [-0.25, -0.2) is 0 Å². The number of nitrogens with one attached hydrogen (secondary N) is 2. The summed E-state index contributed by atoms with van der Waals surface area (Å²) in [5.41, 5.74) is 10.6. The SMILES string of the molecule is C[C@@H](N)C(=O)NCCNC(=O)[C@@H](C)N. The van der Waals surface area contributed by atoms with Crippen LogP contribution in [0.2, 0.25) is 0 Å². The molecule has 82 valence electrons. The van der Waals surface area contributed by atoms with Crippen molar-refractivity contribution in [1.82, 2.24) is 10.6 Å². The Hall–Kier alpha value is -1.14. The Kier molecular flexibility index (Phi) is 5.82. The molecular formula is C8H18N4O2. The first kappa shape index (κ1) is 12.9. The molecule has 0 saturated heterocycles. The highest BCUT2D eigenvalue weighted by Crippen LogP contribution is 1.75. The van der Waals surface area contributed by atoms with Crippen molar-refractivity contribution < 1.29 is 9.59 Å². The Balaban J connectivity index is 3.48. The van der Waals surface area contributed by atoms with Crippen LogP contribution in [0.25, 0.3) is 0 Å². The van der Waals surface area contributed by atoms with Gasteiger partial charge in [-0.3, -0.25) is 9.59 Å². The van der Waals surface area contributed by atoms with E-state index in [1.807, 2.05) is 0 Å². The zero-order chi connectivity index (χ0) is 11.1. The third kappa shape index (κ3) is 5.50. The van der Waals surface area contributed by atoms with Crippen LogP contribution in [0.3, 0.4) is 0 Å². The van der Waals surface area contributed by atoms with Gasteiger partial charge in [0.1, 0.15) is 0 Å². The fourth-order valence-electron chi connectivity index (χ4n) is 0.693. The van der Waals surface area contributed by atoms with Crippen molar-refractivity contribution in [3.63, 3.8) is 0 Å². The van der Waals surface area contributed by atoms with Crippen LogP contribution in [0.4, 0.5) is 0 Å². The number of hydrogen-bond acceptors (Lipinski definition) is 4. The van der Waals surface area contributed by atoms with E-state index in [4.69, 9.17) is 11.5 Å². The number of carbonyl (C=O) groups is 2. The Labute approximate surface area is 83.4 Å². The van der Waals surface area contributed by atoms with Gasteiger partial charge >= 0.3 is 0 Å². The molecule has 14 heavy (non-hydrogen) atoms.